The molecule has 156 valence electrons. The number of likely N-dealkylation sites (tertiary alicyclic amines) is 1. The number of nitrogens with zero attached hydrogens (tertiary/aromatic N) is 3. The average molecular weight is 407 g/mol. The highest BCUT2D eigenvalue weighted by molar-refractivity contribution is 5.85. The topological polar surface area (TPSA) is 70.2 Å². The fourth-order valence-electron chi connectivity index (χ4n) is 4.63. The van der Waals surface area contributed by atoms with E-state index in [0.29, 0.717) is 31.5 Å². The van der Waals surface area contributed by atoms with Crippen LogP contribution in [0.25, 0.3) is 11.0 Å². The predicted molar refractivity (Wildman–Crippen MR) is 102 cm³/mol. The van der Waals surface area contributed by atoms with Gasteiger partial charge in [0.1, 0.15) is 5.52 Å². The van der Waals surface area contributed by atoms with E-state index >= 15 is 0 Å². The normalized spacial score (nSPS) is 28.3. The highest BCUT2D eigenvalue weighted by atomic mass is 19.4. The van der Waals surface area contributed by atoms with Gasteiger partial charge in [-0.2, -0.15) is 13.2 Å². The lowest BCUT2D eigenvalue weighted by Crippen LogP contribution is -2.59. The van der Waals surface area contributed by atoms with Crippen molar-refractivity contribution in [3.63, 3.8) is 0 Å². The summed E-state index contributed by atoms with van der Waals surface area (Å²) in [4.78, 5) is 22.5. The summed E-state index contributed by atoms with van der Waals surface area (Å²) in [5.41, 5.74) is -0.791. The van der Waals surface area contributed by atoms with E-state index in [1.807, 2.05) is 0 Å². The highest BCUT2D eigenvalue weighted by Gasteiger charge is 2.44. The summed E-state index contributed by atoms with van der Waals surface area (Å²) in [6.45, 7) is 4.06. The van der Waals surface area contributed by atoms with Crippen molar-refractivity contribution in [2.45, 2.75) is 37.5 Å². The number of aromatic nitrogens is 2. The second kappa shape index (κ2) is 7.21. The lowest BCUT2D eigenvalue weighted by molar-refractivity contribution is -0.136. The fraction of sp³-hybridized carbons (Fsp3) is 0.550. The quantitative estimate of drug-likeness (QED) is 0.817. The molecule has 2 aromatic rings. The minimum atomic E-state index is -4.52. The first-order valence-electron chi connectivity index (χ1n) is 9.76. The number of nitrogens with one attached hydrogen (secondary N) is 2. The van der Waals surface area contributed by atoms with Gasteiger partial charge in [0.25, 0.3) is 0 Å². The Morgan fingerprint density at radius 1 is 1.24 bits per heavy atom. The molecule has 0 aliphatic carbocycles. The molecule has 1 amide bonds. The van der Waals surface area contributed by atoms with Crippen LogP contribution in [0, 0.1) is 5.92 Å². The largest absolute Gasteiger partial charge is 0.418 e. The number of hydrogen-bond acceptors (Lipinski definition) is 5. The van der Waals surface area contributed by atoms with Crippen LogP contribution in [-0.2, 0) is 16.5 Å². The molecule has 29 heavy (non-hydrogen) atoms. The van der Waals surface area contributed by atoms with Crippen molar-refractivity contribution in [2.75, 3.05) is 26.7 Å². The van der Waals surface area contributed by atoms with Crippen LogP contribution in [0.2, 0.25) is 0 Å². The Morgan fingerprint density at radius 2 is 1.97 bits per heavy atom. The summed E-state index contributed by atoms with van der Waals surface area (Å²) in [5.74, 6) is 0.282. The van der Waals surface area contributed by atoms with Gasteiger partial charge in [0.05, 0.1) is 22.7 Å². The number of hydrogen-bond donors (Lipinski definition) is 2. The molecule has 2 aliphatic heterocycles. The van der Waals surface area contributed by atoms with Gasteiger partial charge in [-0.05, 0) is 31.4 Å². The molecule has 3 atom stereocenters. The Morgan fingerprint density at radius 3 is 2.59 bits per heavy atom. The molecule has 4 rings (SSSR count). The Bertz CT molecular complexity index is 934. The third-order valence-corrected chi connectivity index (χ3v) is 5.94. The van der Waals surface area contributed by atoms with Gasteiger partial charge in [0.2, 0.25) is 5.91 Å². The van der Waals surface area contributed by atoms with Crippen LogP contribution in [0.1, 0.15) is 30.9 Å². The maximum absolute atomic E-state index is 13.5. The van der Waals surface area contributed by atoms with Gasteiger partial charge in [-0.1, -0.05) is 13.0 Å². The monoisotopic (exact) mass is 407 g/mol. The zero-order valence-electron chi connectivity index (χ0n) is 16.4. The summed E-state index contributed by atoms with van der Waals surface area (Å²) < 4.78 is 40.6. The van der Waals surface area contributed by atoms with Crippen molar-refractivity contribution in [1.82, 2.24) is 25.5 Å². The van der Waals surface area contributed by atoms with Crippen molar-refractivity contribution in [1.29, 1.82) is 0 Å². The molecule has 2 saturated heterocycles. The van der Waals surface area contributed by atoms with E-state index in [9.17, 15) is 18.0 Å². The molecule has 0 unspecified atom stereocenters. The Hall–Kier alpha value is -2.26. The third-order valence-electron chi connectivity index (χ3n) is 5.94. The van der Waals surface area contributed by atoms with Crippen LogP contribution in [0.5, 0.6) is 0 Å². The first-order valence-corrected chi connectivity index (χ1v) is 9.76. The molecule has 2 aliphatic rings. The summed E-state index contributed by atoms with van der Waals surface area (Å²) in [5, 5.41) is 6.88. The number of likely N-dealkylation sites (N-methyl/N-ethyl adjacent to an activating group) is 1. The molecule has 6 nitrogen and oxygen atoms in total. The van der Waals surface area contributed by atoms with E-state index in [-0.39, 0.29) is 28.9 Å². The molecular weight excluding hydrogens is 383 g/mol. The Balaban J connectivity index is 1.85. The van der Waals surface area contributed by atoms with E-state index in [1.54, 1.807) is 11.9 Å². The maximum atomic E-state index is 13.5. The number of fused-ring (bicyclic) bond motifs is 1. The van der Waals surface area contributed by atoms with Gasteiger partial charge in [-0.15, -0.1) is 0 Å². The SMILES string of the molecule is C[C@@H]1CNC[C@](N[C@@H]2CCN(C)C2=O)(c2ccc(C(F)(F)F)c3nccnc23)C1. The number of benzene rings is 1. The highest BCUT2D eigenvalue weighted by Crippen LogP contribution is 2.40. The van der Waals surface area contributed by atoms with Crippen LogP contribution in [-0.4, -0.2) is 53.5 Å². The number of amides is 1. The number of alkyl halides is 3. The molecule has 0 radical (unpaired) electrons. The molecule has 0 bridgehead atoms. The van der Waals surface area contributed by atoms with Crippen molar-refractivity contribution in [3.8, 4) is 0 Å². The van der Waals surface area contributed by atoms with Crippen molar-refractivity contribution in [3.05, 3.63) is 35.7 Å². The predicted octanol–water partition coefficient (Wildman–Crippen LogP) is 2.29. The second-order valence-corrected chi connectivity index (χ2v) is 8.18. The van der Waals surface area contributed by atoms with Gasteiger partial charge in [-0.25, -0.2) is 0 Å². The number of carbonyl (C=O) groups is 1. The van der Waals surface area contributed by atoms with Crippen molar-refractivity contribution < 1.29 is 18.0 Å². The van der Waals surface area contributed by atoms with Crippen LogP contribution in [0.4, 0.5) is 13.2 Å². The van der Waals surface area contributed by atoms with E-state index in [4.69, 9.17) is 0 Å². The van der Waals surface area contributed by atoms with Crippen molar-refractivity contribution in [2.24, 2.45) is 5.92 Å². The zero-order chi connectivity index (χ0) is 20.8. The van der Waals surface area contributed by atoms with E-state index < -0.39 is 17.3 Å². The molecule has 9 heteroatoms. The molecule has 3 heterocycles. The van der Waals surface area contributed by atoms with Crippen LogP contribution >= 0.6 is 0 Å². The number of halogens is 3. The molecule has 2 N–H and O–H groups in total. The lowest BCUT2D eigenvalue weighted by atomic mass is 9.77. The number of piperidine rings is 1. The van der Waals surface area contributed by atoms with Crippen LogP contribution < -0.4 is 10.6 Å². The zero-order valence-corrected chi connectivity index (χ0v) is 16.4. The first kappa shape index (κ1) is 20.0. The van der Waals surface area contributed by atoms with E-state index in [1.165, 1.54) is 18.5 Å². The average Bonchev–Trinajstić information content (AvgIpc) is 2.98. The smallest absolute Gasteiger partial charge is 0.344 e. The second-order valence-electron chi connectivity index (χ2n) is 8.18. The van der Waals surface area contributed by atoms with Gasteiger partial charge in [-0.3, -0.25) is 20.1 Å². The Labute approximate surface area is 166 Å². The minimum Gasteiger partial charge on any atom is -0.344 e. The molecule has 0 saturated carbocycles. The lowest BCUT2D eigenvalue weighted by Gasteiger charge is -2.43. The van der Waals surface area contributed by atoms with Gasteiger partial charge < -0.3 is 10.2 Å². The van der Waals surface area contributed by atoms with Gasteiger partial charge >= 0.3 is 6.18 Å². The standard InChI is InChI=1S/C20H24F3N5O/c1-12-9-19(11-24-10-12,27-15-5-8-28(2)18(15)29)13-3-4-14(20(21,22)23)17-16(13)25-6-7-26-17/h3-4,6-7,12,15,24,27H,5,8-11H2,1-2H3/t12-,15+,19-/m0/s1. The maximum Gasteiger partial charge on any atom is 0.418 e. The molecule has 1 aromatic carbocycles. The Kier molecular flexibility index (Phi) is 4.98. The van der Waals surface area contributed by atoms with Crippen LogP contribution in [0.3, 0.4) is 0 Å². The first-order chi connectivity index (χ1) is 13.7. The minimum absolute atomic E-state index is 0.00454. The van der Waals surface area contributed by atoms with Gasteiger partial charge in [0, 0.05) is 38.1 Å². The van der Waals surface area contributed by atoms with Gasteiger partial charge in [0.15, 0.2) is 0 Å². The van der Waals surface area contributed by atoms with Crippen LogP contribution in [0.15, 0.2) is 24.5 Å². The summed E-state index contributed by atoms with van der Waals surface area (Å²) in [6.07, 6.45) is -0.484. The molecule has 2 fully saturated rings. The summed E-state index contributed by atoms with van der Waals surface area (Å²) >= 11 is 0. The molecule has 0 spiro atoms. The third kappa shape index (κ3) is 3.57. The number of rotatable bonds is 3. The summed E-state index contributed by atoms with van der Waals surface area (Å²) in [6, 6.07) is 2.20. The molecule has 1 aromatic heterocycles. The van der Waals surface area contributed by atoms with Crippen molar-refractivity contribution >= 4 is 16.9 Å². The van der Waals surface area contributed by atoms with E-state index in [0.717, 1.165) is 12.6 Å². The number of carbonyl (C=O) groups excluding carboxylic acids is 1. The summed E-state index contributed by atoms with van der Waals surface area (Å²) in [7, 11) is 1.76. The van der Waals surface area contributed by atoms with E-state index in [2.05, 4.69) is 27.5 Å². The fourth-order valence-corrected chi connectivity index (χ4v) is 4.63. The molecular formula is C20H24F3N5O.